The van der Waals surface area contributed by atoms with Gasteiger partial charge in [-0.2, -0.15) is 5.26 Å². The van der Waals surface area contributed by atoms with Gasteiger partial charge in [-0.1, -0.05) is 56.3 Å². The van der Waals surface area contributed by atoms with Crippen molar-refractivity contribution < 1.29 is 24.2 Å². The second kappa shape index (κ2) is 11.3. The highest BCUT2D eigenvalue weighted by Gasteiger charge is 2.60. The summed E-state index contributed by atoms with van der Waals surface area (Å²) in [7, 11) is 1.21. The van der Waals surface area contributed by atoms with Gasteiger partial charge in [-0.3, -0.25) is 14.5 Å². The lowest BCUT2D eigenvalue weighted by molar-refractivity contribution is -0.159. The fraction of sp³-hybridized carbons (Fsp3) is 0.429. The summed E-state index contributed by atoms with van der Waals surface area (Å²) < 4.78 is 4.94. The van der Waals surface area contributed by atoms with E-state index in [9.17, 15) is 19.5 Å². The van der Waals surface area contributed by atoms with Gasteiger partial charge in [-0.25, -0.2) is 4.79 Å². The van der Waals surface area contributed by atoms with Crippen molar-refractivity contribution in [3.63, 3.8) is 0 Å². The predicted octanol–water partition coefficient (Wildman–Crippen LogP) is 3.43. The molecular weight excluding hydrogens is 444 g/mol. The third-order valence-electron chi connectivity index (χ3n) is 6.52. The number of benzene rings is 2. The van der Waals surface area contributed by atoms with E-state index < -0.39 is 35.3 Å². The summed E-state index contributed by atoms with van der Waals surface area (Å²) >= 11 is 0. The van der Waals surface area contributed by atoms with Crippen molar-refractivity contribution in [1.82, 2.24) is 4.90 Å². The van der Waals surface area contributed by atoms with E-state index in [0.29, 0.717) is 30.4 Å². The molecule has 184 valence electrons. The molecule has 1 heterocycles. The molecule has 2 amide bonds. The molecule has 0 spiro atoms. The Kier molecular flexibility index (Phi) is 8.42. The van der Waals surface area contributed by atoms with Gasteiger partial charge in [0, 0.05) is 6.42 Å². The van der Waals surface area contributed by atoms with Crippen molar-refractivity contribution in [2.45, 2.75) is 57.6 Å². The Labute approximate surface area is 206 Å². The van der Waals surface area contributed by atoms with Crippen LogP contribution in [0.4, 0.5) is 0 Å². The molecule has 1 fully saturated rings. The van der Waals surface area contributed by atoms with Gasteiger partial charge in [-0.05, 0) is 54.9 Å². The molecule has 1 unspecified atom stereocenters. The van der Waals surface area contributed by atoms with Crippen LogP contribution in [0.25, 0.3) is 0 Å². The molecule has 1 N–H and O–H groups in total. The summed E-state index contributed by atoms with van der Waals surface area (Å²) in [5.74, 6) is -2.99. The molecule has 35 heavy (non-hydrogen) atoms. The maximum absolute atomic E-state index is 13.6. The van der Waals surface area contributed by atoms with Crippen molar-refractivity contribution in [3.05, 3.63) is 71.3 Å². The Hall–Kier alpha value is -3.50. The fourth-order valence-electron chi connectivity index (χ4n) is 4.85. The lowest BCUT2D eigenvalue weighted by atomic mass is 9.80. The number of likely N-dealkylation sites (tertiary alicyclic amines) is 1. The van der Waals surface area contributed by atoms with E-state index in [-0.39, 0.29) is 18.8 Å². The second-order valence-electron chi connectivity index (χ2n) is 9.52. The number of hydrogen-bond donors (Lipinski definition) is 1. The van der Waals surface area contributed by atoms with Crippen LogP contribution in [0.2, 0.25) is 0 Å². The normalized spacial score (nSPS) is 20.7. The first-order chi connectivity index (χ1) is 16.7. The van der Waals surface area contributed by atoms with E-state index in [1.54, 1.807) is 24.3 Å². The molecule has 0 bridgehead atoms. The molecule has 1 saturated heterocycles. The van der Waals surface area contributed by atoms with Crippen LogP contribution in [-0.2, 0) is 32.0 Å². The van der Waals surface area contributed by atoms with Crippen LogP contribution >= 0.6 is 0 Å². The Balaban J connectivity index is 1.89. The number of imide groups is 1. The van der Waals surface area contributed by atoms with Gasteiger partial charge in [0.25, 0.3) is 5.91 Å². The monoisotopic (exact) mass is 476 g/mol. The maximum atomic E-state index is 13.6. The molecule has 2 aromatic carbocycles. The lowest BCUT2D eigenvalue weighted by Gasteiger charge is -2.28. The molecule has 1 aliphatic rings. The number of carbonyl (C=O) groups excluding carboxylic acids is 3. The molecule has 3 atom stereocenters. The predicted molar refractivity (Wildman–Crippen MR) is 130 cm³/mol. The molecule has 0 saturated carbocycles. The molecular formula is C28H32N2O5. The number of nitrogens with zero attached hydrogens (tertiary/aromatic N) is 2. The van der Waals surface area contributed by atoms with Gasteiger partial charge < -0.3 is 9.84 Å². The molecule has 0 aromatic heterocycles. The zero-order valence-electron chi connectivity index (χ0n) is 20.4. The minimum atomic E-state index is -1.88. The minimum Gasteiger partial charge on any atom is -0.467 e. The third kappa shape index (κ3) is 5.77. The number of nitriles is 1. The van der Waals surface area contributed by atoms with Crippen LogP contribution < -0.4 is 0 Å². The number of amides is 2. The molecule has 0 radical (unpaired) electrons. The van der Waals surface area contributed by atoms with Gasteiger partial charge >= 0.3 is 5.97 Å². The Morgan fingerprint density at radius 2 is 1.77 bits per heavy atom. The van der Waals surface area contributed by atoms with E-state index in [1.165, 1.54) is 7.11 Å². The standard InChI is InChI=1S/C28H32N2O5/c1-19(2)17-28(34)23(11-7-10-20-8-5-4-6-9-20)25(31)30(27(28)33)24(26(32)35-3)16-21-12-14-22(18-29)15-13-21/h4-6,8-9,12-15,19,23-24,34H,7,10-11,16-17H2,1-3H3/t23?,24-,28+/m0/s1. The van der Waals surface area contributed by atoms with Gasteiger partial charge in [0.05, 0.1) is 24.7 Å². The summed E-state index contributed by atoms with van der Waals surface area (Å²) in [6.07, 6.45) is 1.80. The summed E-state index contributed by atoms with van der Waals surface area (Å²) in [6.45, 7) is 3.77. The highest BCUT2D eigenvalue weighted by Crippen LogP contribution is 2.40. The molecule has 2 aromatic rings. The highest BCUT2D eigenvalue weighted by atomic mass is 16.5. The van der Waals surface area contributed by atoms with Crippen molar-refractivity contribution in [1.29, 1.82) is 5.26 Å². The van der Waals surface area contributed by atoms with E-state index in [2.05, 4.69) is 0 Å². The highest BCUT2D eigenvalue weighted by molar-refractivity contribution is 6.11. The van der Waals surface area contributed by atoms with E-state index in [4.69, 9.17) is 10.00 Å². The van der Waals surface area contributed by atoms with Crippen molar-refractivity contribution >= 4 is 17.8 Å². The average Bonchev–Trinajstić information content (AvgIpc) is 3.02. The Morgan fingerprint density at radius 3 is 2.34 bits per heavy atom. The number of aryl methyl sites for hydroxylation is 1. The van der Waals surface area contributed by atoms with E-state index in [1.807, 2.05) is 50.2 Å². The second-order valence-corrected chi connectivity index (χ2v) is 9.52. The smallest absolute Gasteiger partial charge is 0.329 e. The number of rotatable bonds is 10. The molecule has 7 heteroatoms. The number of aliphatic hydroxyl groups is 1. The Bertz CT molecular complexity index is 1090. The van der Waals surface area contributed by atoms with Gasteiger partial charge in [0.15, 0.2) is 5.60 Å². The van der Waals surface area contributed by atoms with E-state index in [0.717, 1.165) is 10.5 Å². The fourth-order valence-corrected chi connectivity index (χ4v) is 4.85. The number of hydrogen-bond acceptors (Lipinski definition) is 6. The van der Waals surface area contributed by atoms with Gasteiger partial charge in [0.2, 0.25) is 5.91 Å². The van der Waals surface area contributed by atoms with Crippen molar-refractivity contribution in [2.24, 2.45) is 11.8 Å². The van der Waals surface area contributed by atoms with Crippen molar-refractivity contribution in [3.8, 4) is 6.07 Å². The first-order valence-corrected chi connectivity index (χ1v) is 11.9. The third-order valence-corrected chi connectivity index (χ3v) is 6.52. The number of methoxy groups -OCH3 is 1. The van der Waals surface area contributed by atoms with Crippen LogP contribution in [0, 0.1) is 23.2 Å². The molecule has 7 nitrogen and oxygen atoms in total. The van der Waals surface area contributed by atoms with Crippen LogP contribution in [0.3, 0.4) is 0 Å². The zero-order valence-corrected chi connectivity index (χ0v) is 20.4. The summed E-state index contributed by atoms with van der Waals surface area (Å²) in [6, 6.07) is 17.2. The summed E-state index contributed by atoms with van der Waals surface area (Å²) in [5.41, 5.74) is 0.363. The number of ether oxygens (including phenoxy) is 1. The zero-order chi connectivity index (χ0) is 25.6. The first kappa shape index (κ1) is 26.1. The van der Waals surface area contributed by atoms with E-state index >= 15 is 0 Å². The maximum Gasteiger partial charge on any atom is 0.329 e. The SMILES string of the molecule is COC(=O)[C@H](Cc1ccc(C#N)cc1)N1C(=O)C(CCCc2ccccc2)[C@](O)(CC(C)C)C1=O. The average molecular weight is 477 g/mol. The quantitative estimate of drug-likeness (QED) is 0.416. The van der Waals surface area contributed by atoms with Crippen molar-refractivity contribution in [2.75, 3.05) is 7.11 Å². The van der Waals surface area contributed by atoms with Gasteiger partial charge in [0.1, 0.15) is 6.04 Å². The lowest BCUT2D eigenvalue weighted by Crippen LogP contribution is -2.50. The van der Waals surface area contributed by atoms with Crippen LogP contribution in [0.1, 0.15) is 49.8 Å². The molecule has 1 aliphatic heterocycles. The summed E-state index contributed by atoms with van der Waals surface area (Å²) in [4.78, 5) is 40.8. The molecule has 0 aliphatic carbocycles. The first-order valence-electron chi connectivity index (χ1n) is 11.9. The van der Waals surface area contributed by atoms with Crippen LogP contribution in [-0.4, -0.2) is 46.5 Å². The van der Waals surface area contributed by atoms with Crippen LogP contribution in [0.5, 0.6) is 0 Å². The van der Waals surface area contributed by atoms with Gasteiger partial charge in [-0.15, -0.1) is 0 Å². The minimum absolute atomic E-state index is 0.0321. The Morgan fingerprint density at radius 1 is 1.11 bits per heavy atom. The number of esters is 1. The number of carbonyl (C=O) groups is 3. The summed E-state index contributed by atoms with van der Waals surface area (Å²) in [5, 5.41) is 20.6. The largest absolute Gasteiger partial charge is 0.467 e. The topological polar surface area (TPSA) is 108 Å². The van der Waals surface area contributed by atoms with Crippen LogP contribution in [0.15, 0.2) is 54.6 Å². The molecule has 3 rings (SSSR count).